The van der Waals surface area contributed by atoms with Crippen LogP contribution in [-0.4, -0.2) is 45.0 Å². The second-order valence-corrected chi connectivity index (χ2v) is 11.6. The van der Waals surface area contributed by atoms with Gasteiger partial charge in [0.05, 0.1) is 16.8 Å². The van der Waals surface area contributed by atoms with Crippen LogP contribution in [0.2, 0.25) is 0 Å². The van der Waals surface area contributed by atoms with Crippen molar-refractivity contribution in [3.63, 3.8) is 0 Å². The Morgan fingerprint density at radius 3 is 2.03 bits per heavy atom. The molecule has 10 nitrogen and oxygen atoms in total. The molecule has 3 rings (SSSR count). The molecule has 1 unspecified atom stereocenters. The van der Waals surface area contributed by atoms with Gasteiger partial charge in [-0.25, -0.2) is 35.9 Å². The topological polar surface area (TPSA) is 138 Å². The third-order valence-electron chi connectivity index (χ3n) is 5.05. The first-order valence-electron chi connectivity index (χ1n) is 10.8. The van der Waals surface area contributed by atoms with E-state index in [2.05, 4.69) is 20.0 Å². The van der Waals surface area contributed by atoms with Crippen LogP contribution in [0.1, 0.15) is 24.7 Å². The highest BCUT2D eigenvalue weighted by Gasteiger charge is 2.31. The average Bonchev–Trinajstić information content (AvgIpc) is 2.76. The summed E-state index contributed by atoms with van der Waals surface area (Å²) in [6.07, 6.45) is 1.08. The van der Waals surface area contributed by atoms with Gasteiger partial charge in [0.1, 0.15) is 11.9 Å². The molecule has 0 aliphatic heterocycles. The van der Waals surface area contributed by atoms with Crippen LogP contribution < -0.4 is 14.3 Å². The molecule has 0 bridgehead atoms. The van der Waals surface area contributed by atoms with Gasteiger partial charge in [0, 0.05) is 17.1 Å². The first-order valence-corrected chi connectivity index (χ1v) is 14.1. The second-order valence-electron chi connectivity index (χ2n) is 8.05. The maximum atomic E-state index is 13.3. The van der Waals surface area contributed by atoms with E-state index in [0.717, 1.165) is 22.7 Å². The molecule has 0 saturated heterocycles. The summed E-state index contributed by atoms with van der Waals surface area (Å²) < 4.78 is 67.0. The number of halogens is 1. The number of hydrogen-bond acceptors (Lipinski definition) is 7. The molecule has 3 aromatic rings. The Kier molecular flexibility index (Phi) is 7.94. The predicted octanol–water partition coefficient (Wildman–Crippen LogP) is 3.22. The molecule has 192 valence electrons. The summed E-state index contributed by atoms with van der Waals surface area (Å²) in [5, 5.41) is 2.61. The number of rotatable bonds is 9. The van der Waals surface area contributed by atoms with Gasteiger partial charge in [-0.15, -0.1) is 0 Å². The number of hydrogen-bond donors (Lipinski definition) is 2. The van der Waals surface area contributed by atoms with E-state index in [4.69, 9.17) is 0 Å². The predicted molar refractivity (Wildman–Crippen MR) is 135 cm³/mol. The Bertz CT molecular complexity index is 1440. The third-order valence-corrected chi connectivity index (χ3v) is 7.57. The molecule has 2 N–H and O–H groups in total. The van der Waals surface area contributed by atoms with Crippen LogP contribution in [0.15, 0.2) is 59.5 Å². The lowest BCUT2D eigenvalue weighted by Crippen LogP contribution is -2.47. The summed E-state index contributed by atoms with van der Waals surface area (Å²) in [6.45, 7) is 5.07. The van der Waals surface area contributed by atoms with Crippen LogP contribution in [-0.2, 0) is 24.8 Å². The highest BCUT2D eigenvalue weighted by atomic mass is 32.2. The molecule has 1 heterocycles. The molecule has 0 saturated carbocycles. The SMILES string of the molecule is CCC(C(=O)Nc1ccc(S(=O)(=O)Nc2nc(C)cc(C)n2)cc1)N(c1ccc(F)cc1)S(C)(=O)=O. The molecule has 0 aliphatic carbocycles. The van der Waals surface area contributed by atoms with Gasteiger partial charge >= 0.3 is 0 Å². The quantitative estimate of drug-likeness (QED) is 0.429. The van der Waals surface area contributed by atoms with Gasteiger partial charge in [0.25, 0.3) is 10.0 Å². The average molecular weight is 536 g/mol. The van der Waals surface area contributed by atoms with Crippen molar-refractivity contribution >= 4 is 43.3 Å². The Morgan fingerprint density at radius 1 is 0.972 bits per heavy atom. The lowest BCUT2D eigenvalue weighted by atomic mass is 10.2. The highest BCUT2D eigenvalue weighted by Crippen LogP contribution is 2.24. The van der Waals surface area contributed by atoms with Gasteiger partial charge in [-0.3, -0.25) is 9.10 Å². The summed E-state index contributed by atoms with van der Waals surface area (Å²) in [5.74, 6) is -1.24. The number of benzene rings is 2. The number of amides is 1. The number of carbonyl (C=O) groups is 1. The van der Waals surface area contributed by atoms with E-state index in [1.807, 2.05) is 0 Å². The van der Waals surface area contributed by atoms with Crippen LogP contribution in [0.3, 0.4) is 0 Å². The van der Waals surface area contributed by atoms with Crippen molar-refractivity contribution in [2.45, 2.75) is 38.1 Å². The zero-order chi connectivity index (χ0) is 26.7. The van der Waals surface area contributed by atoms with E-state index in [9.17, 15) is 26.0 Å². The summed E-state index contributed by atoms with van der Waals surface area (Å²) in [5.41, 5.74) is 1.61. The van der Waals surface area contributed by atoms with Crippen LogP contribution in [0.5, 0.6) is 0 Å². The zero-order valence-electron chi connectivity index (χ0n) is 20.1. The van der Waals surface area contributed by atoms with E-state index < -0.39 is 37.8 Å². The van der Waals surface area contributed by atoms with Gasteiger partial charge < -0.3 is 5.32 Å². The van der Waals surface area contributed by atoms with E-state index in [-0.39, 0.29) is 28.6 Å². The van der Waals surface area contributed by atoms with Crippen LogP contribution >= 0.6 is 0 Å². The van der Waals surface area contributed by atoms with E-state index >= 15 is 0 Å². The molecular formula is C23H26FN5O5S2. The maximum Gasteiger partial charge on any atom is 0.264 e. The number of aromatic nitrogens is 2. The van der Waals surface area contributed by atoms with Crippen molar-refractivity contribution in [1.29, 1.82) is 0 Å². The van der Waals surface area contributed by atoms with Crippen molar-refractivity contribution < 1.29 is 26.0 Å². The van der Waals surface area contributed by atoms with Crippen molar-refractivity contribution in [3.8, 4) is 0 Å². The van der Waals surface area contributed by atoms with Gasteiger partial charge in [-0.1, -0.05) is 6.92 Å². The molecule has 1 aromatic heterocycles. The van der Waals surface area contributed by atoms with Crippen LogP contribution in [0.4, 0.5) is 21.7 Å². The minimum absolute atomic E-state index is 0.0580. The molecule has 36 heavy (non-hydrogen) atoms. The van der Waals surface area contributed by atoms with Gasteiger partial charge in [-0.2, -0.15) is 0 Å². The Labute approximate surface area is 209 Å². The number of aryl methyl sites for hydroxylation is 2. The monoisotopic (exact) mass is 535 g/mol. The number of anilines is 3. The molecule has 2 aromatic carbocycles. The Morgan fingerprint density at radius 2 is 1.53 bits per heavy atom. The minimum Gasteiger partial charge on any atom is -0.324 e. The summed E-state index contributed by atoms with van der Waals surface area (Å²) in [7, 11) is -7.88. The third kappa shape index (κ3) is 6.55. The number of nitrogens with one attached hydrogen (secondary N) is 2. The smallest absolute Gasteiger partial charge is 0.264 e. The number of carbonyl (C=O) groups excluding carboxylic acids is 1. The molecule has 1 atom stereocenters. The van der Waals surface area contributed by atoms with Gasteiger partial charge in [-0.05, 0) is 74.9 Å². The second kappa shape index (κ2) is 10.6. The molecule has 13 heteroatoms. The zero-order valence-corrected chi connectivity index (χ0v) is 21.7. The summed E-state index contributed by atoms with van der Waals surface area (Å²) in [6, 6.07) is 10.7. The molecule has 1 amide bonds. The van der Waals surface area contributed by atoms with Crippen LogP contribution in [0, 0.1) is 19.7 Å². The fourth-order valence-electron chi connectivity index (χ4n) is 3.54. The van der Waals surface area contributed by atoms with E-state index in [0.29, 0.717) is 11.4 Å². The highest BCUT2D eigenvalue weighted by molar-refractivity contribution is 7.92. The van der Waals surface area contributed by atoms with Crippen molar-refractivity contribution in [2.24, 2.45) is 0 Å². The molecule has 0 fully saturated rings. The van der Waals surface area contributed by atoms with Gasteiger partial charge in [0.2, 0.25) is 21.9 Å². The van der Waals surface area contributed by atoms with Crippen molar-refractivity contribution in [1.82, 2.24) is 9.97 Å². The van der Waals surface area contributed by atoms with Crippen LogP contribution in [0.25, 0.3) is 0 Å². The fraction of sp³-hybridized carbons (Fsp3) is 0.261. The molecule has 0 aliphatic rings. The fourth-order valence-corrected chi connectivity index (χ4v) is 5.70. The van der Waals surface area contributed by atoms with E-state index in [1.54, 1.807) is 26.8 Å². The largest absolute Gasteiger partial charge is 0.324 e. The number of sulfonamides is 2. The lowest BCUT2D eigenvalue weighted by molar-refractivity contribution is -0.117. The first-order chi connectivity index (χ1) is 16.8. The number of nitrogens with zero attached hydrogens (tertiary/aromatic N) is 3. The Hall–Kier alpha value is -3.58. The standard InChI is InChI=1S/C23H26FN5O5S2/c1-5-21(29(35(4,31)32)19-10-6-17(24)7-11-19)22(30)27-18-8-12-20(13-9-18)36(33,34)28-23-25-15(2)14-16(3)26-23/h6-14,21H,5H2,1-4H3,(H,27,30)(H,25,26,28). The van der Waals surface area contributed by atoms with Crippen molar-refractivity contribution in [2.75, 3.05) is 20.6 Å². The minimum atomic E-state index is -3.99. The lowest BCUT2D eigenvalue weighted by Gasteiger charge is -2.30. The van der Waals surface area contributed by atoms with Crippen molar-refractivity contribution in [3.05, 3.63) is 71.8 Å². The summed E-state index contributed by atoms with van der Waals surface area (Å²) >= 11 is 0. The van der Waals surface area contributed by atoms with E-state index in [1.165, 1.54) is 36.4 Å². The molecule has 0 spiro atoms. The first kappa shape index (κ1) is 27.0. The normalized spacial score (nSPS) is 12.6. The van der Waals surface area contributed by atoms with Gasteiger partial charge in [0.15, 0.2) is 0 Å². The summed E-state index contributed by atoms with van der Waals surface area (Å²) in [4.78, 5) is 21.1. The Balaban J connectivity index is 1.80. The maximum absolute atomic E-state index is 13.3. The molecular weight excluding hydrogens is 509 g/mol. The molecule has 0 radical (unpaired) electrons.